The predicted octanol–water partition coefficient (Wildman–Crippen LogP) is 5.40. The third-order valence-electron chi connectivity index (χ3n) is 5.03. The van der Waals surface area contributed by atoms with E-state index in [0.717, 1.165) is 45.8 Å². The van der Waals surface area contributed by atoms with Gasteiger partial charge in [0.05, 0.1) is 17.6 Å². The highest BCUT2D eigenvalue weighted by atomic mass is 32.2. The van der Waals surface area contributed by atoms with Crippen LogP contribution in [0, 0.1) is 0 Å². The minimum atomic E-state index is -0.591. The predicted molar refractivity (Wildman–Crippen MR) is 123 cm³/mol. The van der Waals surface area contributed by atoms with Crippen LogP contribution >= 0.6 is 11.8 Å². The normalized spacial score (nSPS) is 16.2. The first-order chi connectivity index (χ1) is 14.9. The van der Waals surface area contributed by atoms with Gasteiger partial charge in [-0.3, -0.25) is 19.3 Å². The number of carbonyl (C=O) groups excluding carboxylic acids is 3. The van der Waals surface area contributed by atoms with E-state index in [9.17, 15) is 14.4 Å². The molecule has 1 aliphatic heterocycles. The standard InChI is InChI=1S/C24H27NO5S/c1-4-6-13-29-20-12-11-17-9-7-8-10-18(17)19(20)14-21-23(27)25(24(28)31-21)15-22(26)30-16(3)5-2/h7-12,14,16H,4-6,13,15H2,1-3H3/b21-14-/t16-/m1/s1. The van der Waals surface area contributed by atoms with E-state index in [1.165, 1.54) is 0 Å². The Morgan fingerprint density at radius 1 is 1.16 bits per heavy atom. The van der Waals surface area contributed by atoms with Crippen molar-refractivity contribution in [1.29, 1.82) is 0 Å². The van der Waals surface area contributed by atoms with Gasteiger partial charge >= 0.3 is 5.97 Å². The molecule has 31 heavy (non-hydrogen) atoms. The molecular weight excluding hydrogens is 414 g/mol. The number of carbonyl (C=O) groups is 3. The summed E-state index contributed by atoms with van der Waals surface area (Å²) < 4.78 is 11.2. The van der Waals surface area contributed by atoms with Crippen molar-refractivity contribution in [3.63, 3.8) is 0 Å². The van der Waals surface area contributed by atoms with Gasteiger partial charge in [-0.2, -0.15) is 0 Å². The fraction of sp³-hybridized carbons (Fsp3) is 0.375. The topological polar surface area (TPSA) is 72.9 Å². The molecule has 1 heterocycles. The van der Waals surface area contributed by atoms with Crippen molar-refractivity contribution in [3.05, 3.63) is 46.9 Å². The number of hydrogen-bond acceptors (Lipinski definition) is 6. The average molecular weight is 442 g/mol. The van der Waals surface area contributed by atoms with Gasteiger partial charge in [0.2, 0.25) is 0 Å². The van der Waals surface area contributed by atoms with E-state index in [1.54, 1.807) is 13.0 Å². The van der Waals surface area contributed by atoms with Crippen molar-refractivity contribution in [2.24, 2.45) is 0 Å². The smallest absolute Gasteiger partial charge is 0.326 e. The Hall–Kier alpha value is -2.80. The highest BCUT2D eigenvalue weighted by molar-refractivity contribution is 8.18. The second-order valence-corrected chi connectivity index (χ2v) is 8.37. The second kappa shape index (κ2) is 10.5. The van der Waals surface area contributed by atoms with E-state index in [-0.39, 0.29) is 17.6 Å². The van der Waals surface area contributed by atoms with Gasteiger partial charge in [-0.15, -0.1) is 0 Å². The molecule has 0 aromatic heterocycles. The SMILES string of the molecule is CCCCOc1ccc2ccccc2c1/C=C1\SC(=O)N(CC(=O)O[C@H](C)CC)C1=O. The lowest BCUT2D eigenvalue weighted by Crippen LogP contribution is -2.35. The Bertz CT molecular complexity index is 1020. The third kappa shape index (κ3) is 5.47. The van der Waals surface area contributed by atoms with E-state index in [4.69, 9.17) is 9.47 Å². The Labute approximate surface area is 186 Å². The summed E-state index contributed by atoms with van der Waals surface area (Å²) in [5.74, 6) is -0.426. The summed E-state index contributed by atoms with van der Waals surface area (Å²) in [7, 11) is 0. The van der Waals surface area contributed by atoms with Crippen molar-refractivity contribution < 1.29 is 23.9 Å². The van der Waals surface area contributed by atoms with E-state index in [1.807, 2.05) is 43.3 Å². The quantitative estimate of drug-likeness (QED) is 0.295. The molecule has 0 bridgehead atoms. The lowest BCUT2D eigenvalue weighted by molar-refractivity contribution is -0.150. The first-order valence-corrected chi connectivity index (χ1v) is 11.4. The molecule has 0 unspecified atom stereocenters. The van der Waals surface area contributed by atoms with Crippen LogP contribution in [0.25, 0.3) is 16.8 Å². The molecule has 6 nitrogen and oxygen atoms in total. The van der Waals surface area contributed by atoms with Gasteiger partial charge in [0.15, 0.2) is 0 Å². The van der Waals surface area contributed by atoms with E-state index >= 15 is 0 Å². The van der Waals surface area contributed by atoms with Crippen LogP contribution in [0.2, 0.25) is 0 Å². The van der Waals surface area contributed by atoms with Crippen molar-refractivity contribution in [1.82, 2.24) is 4.90 Å². The highest BCUT2D eigenvalue weighted by Crippen LogP contribution is 2.36. The molecule has 2 amide bonds. The molecule has 7 heteroatoms. The van der Waals surface area contributed by atoms with E-state index in [0.29, 0.717) is 18.8 Å². The Morgan fingerprint density at radius 2 is 1.94 bits per heavy atom. The Balaban J connectivity index is 1.90. The van der Waals surface area contributed by atoms with Crippen molar-refractivity contribution in [3.8, 4) is 5.75 Å². The van der Waals surface area contributed by atoms with Crippen molar-refractivity contribution in [2.45, 2.75) is 46.1 Å². The van der Waals surface area contributed by atoms with Gasteiger partial charge in [0, 0.05) is 5.56 Å². The van der Waals surface area contributed by atoms with Crippen LogP contribution in [0.1, 0.15) is 45.6 Å². The molecule has 1 saturated heterocycles. The number of hydrogen-bond donors (Lipinski definition) is 0. The summed E-state index contributed by atoms with van der Waals surface area (Å²) >= 11 is 0.824. The monoisotopic (exact) mass is 441 g/mol. The first kappa shape index (κ1) is 22.9. The fourth-order valence-electron chi connectivity index (χ4n) is 3.12. The van der Waals surface area contributed by atoms with Crippen LogP contribution in [-0.4, -0.2) is 41.3 Å². The zero-order chi connectivity index (χ0) is 22.4. The van der Waals surface area contributed by atoms with Crippen LogP contribution < -0.4 is 4.74 Å². The molecule has 0 spiro atoms. The maximum atomic E-state index is 12.9. The lowest BCUT2D eigenvalue weighted by atomic mass is 10.0. The zero-order valence-electron chi connectivity index (χ0n) is 18.1. The van der Waals surface area contributed by atoms with E-state index in [2.05, 4.69) is 6.92 Å². The summed E-state index contributed by atoms with van der Waals surface area (Å²) in [5, 5.41) is 1.46. The number of rotatable bonds is 9. The summed E-state index contributed by atoms with van der Waals surface area (Å²) in [6, 6.07) is 11.7. The molecule has 1 aliphatic rings. The highest BCUT2D eigenvalue weighted by Gasteiger charge is 2.37. The number of benzene rings is 2. The number of amides is 2. The molecule has 2 aromatic carbocycles. The van der Waals surface area contributed by atoms with Crippen LogP contribution in [0.4, 0.5) is 4.79 Å². The van der Waals surface area contributed by atoms with Crippen LogP contribution in [0.5, 0.6) is 5.75 Å². The van der Waals surface area contributed by atoms with Crippen LogP contribution in [0.15, 0.2) is 41.3 Å². The molecular formula is C24H27NO5S. The molecule has 1 fully saturated rings. The maximum absolute atomic E-state index is 12.9. The Morgan fingerprint density at radius 3 is 2.68 bits per heavy atom. The maximum Gasteiger partial charge on any atom is 0.326 e. The third-order valence-corrected chi connectivity index (χ3v) is 5.94. The number of esters is 1. The fourth-order valence-corrected chi connectivity index (χ4v) is 3.94. The van der Waals surface area contributed by atoms with E-state index < -0.39 is 17.1 Å². The van der Waals surface area contributed by atoms with Crippen molar-refractivity contribution in [2.75, 3.05) is 13.2 Å². The second-order valence-electron chi connectivity index (χ2n) is 7.38. The number of nitrogens with zero attached hydrogens (tertiary/aromatic N) is 1. The van der Waals surface area contributed by atoms with Gasteiger partial charge in [0.1, 0.15) is 12.3 Å². The van der Waals surface area contributed by atoms with Crippen LogP contribution in [-0.2, 0) is 14.3 Å². The average Bonchev–Trinajstić information content (AvgIpc) is 3.02. The molecule has 0 N–H and O–H groups in total. The van der Waals surface area contributed by atoms with Gasteiger partial charge < -0.3 is 9.47 Å². The Kier molecular flexibility index (Phi) is 7.74. The minimum absolute atomic E-state index is 0.262. The van der Waals surface area contributed by atoms with Gasteiger partial charge in [-0.25, -0.2) is 0 Å². The van der Waals surface area contributed by atoms with Gasteiger partial charge in [-0.1, -0.05) is 50.6 Å². The van der Waals surface area contributed by atoms with Gasteiger partial charge in [-0.05, 0) is 54.4 Å². The van der Waals surface area contributed by atoms with Gasteiger partial charge in [0.25, 0.3) is 11.1 Å². The largest absolute Gasteiger partial charge is 0.493 e. The van der Waals surface area contributed by atoms with Crippen molar-refractivity contribution >= 4 is 45.7 Å². The van der Waals surface area contributed by atoms with Crippen LogP contribution in [0.3, 0.4) is 0 Å². The number of unbranched alkanes of at least 4 members (excludes halogenated alkanes) is 1. The molecule has 0 radical (unpaired) electrons. The molecule has 1 atom stereocenters. The minimum Gasteiger partial charge on any atom is -0.493 e. The number of fused-ring (bicyclic) bond motifs is 1. The molecule has 164 valence electrons. The molecule has 0 saturated carbocycles. The summed E-state index contributed by atoms with van der Waals surface area (Å²) in [6.07, 6.45) is 4.01. The number of thioether (sulfide) groups is 1. The lowest BCUT2D eigenvalue weighted by Gasteiger charge is -2.15. The number of ether oxygens (including phenoxy) is 2. The summed E-state index contributed by atoms with van der Waals surface area (Å²) in [4.78, 5) is 38.6. The molecule has 0 aliphatic carbocycles. The molecule has 3 rings (SSSR count). The first-order valence-electron chi connectivity index (χ1n) is 10.5. The zero-order valence-corrected chi connectivity index (χ0v) is 18.9. The summed E-state index contributed by atoms with van der Waals surface area (Å²) in [5.41, 5.74) is 0.752. The summed E-state index contributed by atoms with van der Waals surface area (Å²) in [6.45, 7) is 5.94. The number of imide groups is 1. The molecule has 2 aromatic rings.